The summed E-state index contributed by atoms with van der Waals surface area (Å²) >= 11 is 0. The Hall–Kier alpha value is -2.38. The van der Waals surface area contributed by atoms with Gasteiger partial charge in [0.05, 0.1) is 19.8 Å². The second-order valence-corrected chi connectivity index (χ2v) is 6.00. The Morgan fingerprint density at radius 2 is 2.28 bits per heavy atom. The van der Waals surface area contributed by atoms with E-state index in [-0.39, 0.29) is 24.5 Å². The molecule has 1 aromatic heterocycles. The van der Waals surface area contributed by atoms with Crippen molar-refractivity contribution in [3.8, 4) is 0 Å². The van der Waals surface area contributed by atoms with Crippen molar-refractivity contribution in [2.75, 3.05) is 31.7 Å². The van der Waals surface area contributed by atoms with Crippen molar-refractivity contribution in [1.82, 2.24) is 9.88 Å². The van der Waals surface area contributed by atoms with Crippen molar-refractivity contribution in [3.05, 3.63) is 30.5 Å². The van der Waals surface area contributed by atoms with Gasteiger partial charge in [-0.1, -0.05) is 0 Å². The molecular formula is C18H23N3O4. The summed E-state index contributed by atoms with van der Waals surface area (Å²) in [4.78, 5) is 23.8. The van der Waals surface area contributed by atoms with E-state index in [0.717, 1.165) is 23.1 Å². The molecule has 2 N–H and O–H groups in total. The normalized spacial score (nSPS) is 17.4. The number of anilines is 1. The van der Waals surface area contributed by atoms with Crippen LogP contribution in [0.4, 0.5) is 5.69 Å². The summed E-state index contributed by atoms with van der Waals surface area (Å²) in [6.45, 7) is 4.36. The van der Waals surface area contributed by atoms with Crippen molar-refractivity contribution >= 4 is 28.5 Å². The van der Waals surface area contributed by atoms with Gasteiger partial charge in [0.15, 0.2) is 0 Å². The molecule has 0 radical (unpaired) electrons. The van der Waals surface area contributed by atoms with Gasteiger partial charge < -0.3 is 24.7 Å². The molecule has 1 atom stereocenters. The first-order valence-electron chi connectivity index (χ1n) is 8.51. The maximum atomic E-state index is 12.2. The van der Waals surface area contributed by atoms with Gasteiger partial charge in [0.1, 0.15) is 6.54 Å². The molecule has 1 aromatic carbocycles. The average Bonchev–Trinajstić information content (AvgIpc) is 2.98. The number of nitrogens with one attached hydrogen (secondary N) is 2. The molecular weight excluding hydrogens is 322 g/mol. The van der Waals surface area contributed by atoms with Crippen LogP contribution in [0.2, 0.25) is 0 Å². The molecule has 0 bridgehead atoms. The molecule has 1 saturated heterocycles. The number of esters is 1. The molecule has 3 rings (SSSR count). The third kappa shape index (κ3) is 4.58. The fourth-order valence-electron chi connectivity index (χ4n) is 2.95. The summed E-state index contributed by atoms with van der Waals surface area (Å²) in [7, 11) is 0. The third-order valence-electron chi connectivity index (χ3n) is 4.09. The van der Waals surface area contributed by atoms with Crippen molar-refractivity contribution in [3.63, 3.8) is 0 Å². The van der Waals surface area contributed by atoms with Gasteiger partial charge in [-0.2, -0.15) is 0 Å². The molecule has 1 unspecified atom stereocenters. The fourth-order valence-corrected chi connectivity index (χ4v) is 2.95. The highest BCUT2D eigenvalue weighted by atomic mass is 16.5. The van der Waals surface area contributed by atoms with Gasteiger partial charge in [0, 0.05) is 41.8 Å². The summed E-state index contributed by atoms with van der Waals surface area (Å²) in [5.74, 6) is -0.312. The second kappa shape index (κ2) is 8.13. The van der Waals surface area contributed by atoms with Gasteiger partial charge in [0.2, 0.25) is 5.91 Å². The van der Waals surface area contributed by atoms with Crippen LogP contribution in [0, 0.1) is 0 Å². The number of hydrogen-bond acceptors (Lipinski definition) is 5. The molecule has 1 aliphatic rings. The van der Waals surface area contributed by atoms with E-state index >= 15 is 0 Å². The smallest absolute Gasteiger partial charge is 0.325 e. The van der Waals surface area contributed by atoms with Gasteiger partial charge in [-0.05, 0) is 31.2 Å². The van der Waals surface area contributed by atoms with Crippen LogP contribution < -0.4 is 10.6 Å². The SMILES string of the molecule is CCOC(=O)Cn1ccc2cc(NC(=O)CC3COCCN3)ccc21. The van der Waals surface area contributed by atoms with Crippen LogP contribution in [0.1, 0.15) is 13.3 Å². The van der Waals surface area contributed by atoms with Gasteiger partial charge in [-0.3, -0.25) is 9.59 Å². The molecule has 2 heterocycles. The number of rotatable bonds is 6. The van der Waals surface area contributed by atoms with Crippen molar-refractivity contribution in [2.24, 2.45) is 0 Å². The van der Waals surface area contributed by atoms with Gasteiger partial charge >= 0.3 is 5.97 Å². The molecule has 25 heavy (non-hydrogen) atoms. The fraction of sp³-hybridized carbons (Fsp3) is 0.444. The Bertz CT molecular complexity index is 750. The Kier molecular flexibility index (Phi) is 5.67. The van der Waals surface area contributed by atoms with Crippen LogP contribution >= 0.6 is 0 Å². The van der Waals surface area contributed by atoms with E-state index in [0.29, 0.717) is 26.2 Å². The predicted octanol–water partition coefficient (Wildman–Crippen LogP) is 1.52. The van der Waals surface area contributed by atoms with Crippen LogP contribution in [-0.4, -0.2) is 48.9 Å². The molecule has 1 amide bonds. The van der Waals surface area contributed by atoms with E-state index in [1.54, 1.807) is 6.92 Å². The summed E-state index contributed by atoms with van der Waals surface area (Å²) in [6.07, 6.45) is 2.22. The van der Waals surface area contributed by atoms with Crippen LogP contribution in [0.3, 0.4) is 0 Å². The van der Waals surface area contributed by atoms with Crippen molar-refractivity contribution < 1.29 is 19.1 Å². The molecule has 0 saturated carbocycles. The number of carbonyl (C=O) groups is 2. The third-order valence-corrected chi connectivity index (χ3v) is 4.09. The van der Waals surface area contributed by atoms with Crippen LogP contribution in [-0.2, 0) is 25.6 Å². The van der Waals surface area contributed by atoms with E-state index in [1.165, 1.54) is 0 Å². The van der Waals surface area contributed by atoms with Crippen molar-refractivity contribution in [1.29, 1.82) is 0 Å². The number of hydrogen-bond donors (Lipinski definition) is 2. The largest absolute Gasteiger partial charge is 0.465 e. The summed E-state index contributed by atoms with van der Waals surface area (Å²) in [5.41, 5.74) is 1.66. The van der Waals surface area contributed by atoms with Gasteiger partial charge in [-0.15, -0.1) is 0 Å². The lowest BCUT2D eigenvalue weighted by molar-refractivity contribution is -0.143. The lowest BCUT2D eigenvalue weighted by Gasteiger charge is -2.23. The van der Waals surface area contributed by atoms with E-state index in [4.69, 9.17) is 9.47 Å². The Morgan fingerprint density at radius 1 is 1.40 bits per heavy atom. The number of morpholine rings is 1. The van der Waals surface area contributed by atoms with Gasteiger partial charge in [-0.25, -0.2) is 0 Å². The van der Waals surface area contributed by atoms with Gasteiger partial charge in [0.25, 0.3) is 0 Å². The molecule has 7 heteroatoms. The number of amides is 1. The van der Waals surface area contributed by atoms with Crippen LogP contribution in [0.15, 0.2) is 30.5 Å². The standard InChI is InChI=1S/C18H23N3O4/c1-2-25-18(23)11-21-7-5-13-9-14(3-4-16(13)21)20-17(22)10-15-12-24-8-6-19-15/h3-5,7,9,15,19H,2,6,8,10-12H2,1H3,(H,20,22). The summed E-state index contributed by atoms with van der Waals surface area (Å²) in [5, 5.41) is 7.14. The monoisotopic (exact) mass is 345 g/mol. The number of ether oxygens (including phenoxy) is 2. The molecule has 7 nitrogen and oxygen atoms in total. The first kappa shape index (κ1) is 17.4. The molecule has 2 aromatic rings. The molecule has 1 fully saturated rings. The van der Waals surface area contributed by atoms with Crippen molar-refractivity contribution in [2.45, 2.75) is 25.9 Å². The number of nitrogens with zero attached hydrogens (tertiary/aromatic N) is 1. The topological polar surface area (TPSA) is 81.6 Å². The summed E-state index contributed by atoms with van der Waals surface area (Å²) in [6, 6.07) is 7.61. The second-order valence-electron chi connectivity index (χ2n) is 6.00. The Balaban J connectivity index is 1.63. The minimum absolute atomic E-state index is 0.0479. The first-order valence-corrected chi connectivity index (χ1v) is 8.51. The predicted molar refractivity (Wildman–Crippen MR) is 94.4 cm³/mol. The Labute approximate surface area is 146 Å². The zero-order chi connectivity index (χ0) is 17.6. The molecule has 0 spiro atoms. The zero-order valence-electron chi connectivity index (χ0n) is 14.3. The van der Waals surface area contributed by atoms with E-state index < -0.39 is 0 Å². The quantitative estimate of drug-likeness (QED) is 0.776. The van der Waals surface area contributed by atoms with E-state index in [9.17, 15) is 9.59 Å². The summed E-state index contributed by atoms with van der Waals surface area (Å²) < 4.78 is 12.2. The first-order chi connectivity index (χ1) is 12.2. The Morgan fingerprint density at radius 3 is 3.04 bits per heavy atom. The average molecular weight is 345 g/mol. The maximum absolute atomic E-state index is 12.2. The minimum Gasteiger partial charge on any atom is -0.465 e. The molecule has 1 aliphatic heterocycles. The number of fused-ring (bicyclic) bond motifs is 1. The maximum Gasteiger partial charge on any atom is 0.325 e. The number of aromatic nitrogens is 1. The lowest BCUT2D eigenvalue weighted by Crippen LogP contribution is -2.43. The highest BCUT2D eigenvalue weighted by Gasteiger charge is 2.17. The van der Waals surface area contributed by atoms with E-state index in [1.807, 2.05) is 35.0 Å². The van der Waals surface area contributed by atoms with Crippen LogP contribution in [0.25, 0.3) is 10.9 Å². The molecule has 0 aliphatic carbocycles. The highest BCUT2D eigenvalue weighted by Crippen LogP contribution is 2.21. The lowest BCUT2D eigenvalue weighted by atomic mass is 10.2. The van der Waals surface area contributed by atoms with Crippen LogP contribution in [0.5, 0.6) is 0 Å². The number of carbonyl (C=O) groups excluding carboxylic acids is 2. The molecule has 134 valence electrons. The van der Waals surface area contributed by atoms with E-state index in [2.05, 4.69) is 10.6 Å². The minimum atomic E-state index is -0.264. The highest BCUT2D eigenvalue weighted by molar-refractivity contribution is 5.94. The number of benzene rings is 1. The zero-order valence-corrected chi connectivity index (χ0v) is 14.3.